The Hall–Kier alpha value is -2.32. The number of ether oxygens (including phenoxy) is 5. The van der Waals surface area contributed by atoms with E-state index in [0.717, 1.165) is 19.3 Å². The molecule has 2 aliphatic carbocycles. The average molecular weight is 1600 g/mol. The van der Waals surface area contributed by atoms with Crippen molar-refractivity contribution in [3.05, 3.63) is 0 Å². The van der Waals surface area contributed by atoms with E-state index in [4.69, 9.17) is 55.1 Å². The minimum absolute atomic E-state index is 0.00169. The third-order valence-corrected chi connectivity index (χ3v) is 38.2. The van der Waals surface area contributed by atoms with Gasteiger partial charge in [-0.05, 0) is 56.8 Å². The predicted octanol–water partition coefficient (Wildman–Crippen LogP) is 2.14. The minimum atomic E-state index is -4.85. The fraction of sp³-hybridized carbons (Fsp3) is 0.964. The molecule has 0 N–H and O–H groups in total. The van der Waals surface area contributed by atoms with Crippen LogP contribution < -0.4 is 0 Å². The lowest BCUT2D eigenvalue weighted by molar-refractivity contribution is -0.189. The summed E-state index contributed by atoms with van der Waals surface area (Å²) >= 11 is 0. The number of nitriles is 2. The van der Waals surface area contributed by atoms with Crippen molar-refractivity contribution in [1.82, 2.24) is 0 Å². The molecule has 0 aromatic carbocycles. The van der Waals surface area contributed by atoms with Crippen molar-refractivity contribution in [3.8, 4) is 12.1 Å². The molecule has 18 aliphatic heterocycles. The van der Waals surface area contributed by atoms with Crippen LogP contribution in [0.2, 0.25) is 0 Å². The van der Waals surface area contributed by atoms with E-state index in [2.05, 4.69) is 15.3 Å². The molecule has 12 bridgehead atoms. The average Bonchev–Trinajstić information content (AvgIpc) is 1.51. The SMILES string of the molecule is CC1C2CC3(C#N)C(O2)C1OS3(=O)=O.CC1C2CC3(C(F)(F)F)C(O2)C1OS3(=O)=O.CC1C2CC3C(O2)C1OS3(=O)=O.CC1C2CC3C1OS(=O)(=O)C3C2.CC1C2OC3C1OS(=O)(=O)C3C2C#N.CC1C2OS(=O)(=O)C3C2OC1C3C(F)(F)F.CC1CCS(=O)(=O)C1.CC1CCS(=O)(=O)O1. The maximum atomic E-state index is 13.0. The number of hydrogen-bond acceptors (Lipinski definition) is 30. The first-order chi connectivity index (χ1) is 45.9. The van der Waals surface area contributed by atoms with Crippen molar-refractivity contribution < 1.29 is 147 Å². The third-order valence-electron chi connectivity index (χ3n) is 24.2. The van der Waals surface area contributed by atoms with E-state index in [0.29, 0.717) is 48.0 Å². The molecule has 0 aromatic heterocycles. The zero-order chi connectivity index (χ0) is 73.4. The molecule has 34 unspecified atom stereocenters. The summed E-state index contributed by atoms with van der Waals surface area (Å²) in [5.41, 5.74) is 0. The molecule has 0 radical (unpaired) electrons. The van der Waals surface area contributed by atoms with Gasteiger partial charge in [-0.15, -0.1) is 0 Å². The lowest BCUT2D eigenvalue weighted by Gasteiger charge is -2.29. The molecule has 0 spiro atoms. The monoisotopic (exact) mass is 1590 g/mol. The number of nitrogens with zero attached hydrogens (tertiary/aromatic N) is 2. The van der Waals surface area contributed by atoms with E-state index in [1.165, 1.54) is 6.92 Å². The van der Waals surface area contributed by atoms with E-state index in [9.17, 15) is 93.7 Å². The van der Waals surface area contributed by atoms with Crippen molar-refractivity contribution in [1.29, 1.82) is 10.5 Å². The van der Waals surface area contributed by atoms with Gasteiger partial charge < -0.3 is 23.7 Å². The number of halogens is 6. The fourth-order valence-electron chi connectivity index (χ4n) is 18.8. The molecule has 34 atom stereocenters. The summed E-state index contributed by atoms with van der Waals surface area (Å²) < 4.78 is 314. The predicted molar refractivity (Wildman–Crippen MR) is 323 cm³/mol. The Morgan fingerprint density at radius 3 is 1.43 bits per heavy atom. The highest BCUT2D eigenvalue weighted by Gasteiger charge is 2.84. The van der Waals surface area contributed by atoms with Gasteiger partial charge in [0.1, 0.15) is 82.7 Å². The second-order valence-electron chi connectivity index (χ2n) is 30.0. The number of fused-ring (bicyclic) bond motifs is 6. The van der Waals surface area contributed by atoms with E-state index < -0.39 is 192 Å². The van der Waals surface area contributed by atoms with Crippen LogP contribution in [-0.4, -0.2) is 231 Å². The summed E-state index contributed by atoms with van der Waals surface area (Å²) in [5, 5.41) is 15.1. The Labute approximate surface area is 575 Å². The standard InChI is InChI=1S/2C8H9F3O4S.2C8H9NO4S.C8H12O3S.C7H10O4S.C5H10O2S.C4H8O3S/c1-3-4-2-7(8(9,10)11)6(14-4)5(3)15-16(7,12)13;1-2-4-3(8(9,10)11)7-6(14-4)5(2)15-16(7,12)13;1-4-5-2-8(3-9)7(12-5)6(4)13-14(8,10)11;1-3-5-4(2-9)8-7(12-5)6(3)13-14(8,10)11;1-4-5-2-6-7(3-5)12(9,10)11-8(4)6;1-3-4-2-5-7(10-4)6(3)11-12(5,8)9;1-5-2-3-8(6,7)4-5;1-4-2-3-8(5,6)7-4/h3-6H,2H2,1H3;2-7H,1H3;4-7H,2H2,1H3;3-8H,1H3;4-8H,2-3H2,1H3;3-7H,2H2,1H3;5H,2-4H2,1H3;4H,2-3H2,1H3. The van der Waals surface area contributed by atoms with Gasteiger partial charge in [0.05, 0.1) is 83.3 Å². The summed E-state index contributed by atoms with van der Waals surface area (Å²) in [6.07, 6.45) is -14.0. The molecule has 20 fully saturated rings. The molecule has 18 heterocycles. The van der Waals surface area contributed by atoms with E-state index in [1.54, 1.807) is 13.8 Å². The molecule has 2 saturated carbocycles. The first kappa shape index (κ1) is 75.9. The van der Waals surface area contributed by atoms with Crippen LogP contribution in [0, 0.1) is 87.8 Å². The fourth-order valence-corrected chi connectivity index (χ4v) is 33.1. The number of sulfone groups is 1. The maximum absolute atomic E-state index is 13.0. The van der Waals surface area contributed by atoms with Gasteiger partial charge in [-0.3, -0.25) is 29.3 Å². The van der Waals surface area contributed by atoms with Gasteiger partial charge in [0.25, 0.3) is 70.8 Å². The van der Waals surface area contributed by atoms with Gasteiger partial charge in [-0.25, -0.2) is 8.42 Å². The lowest BCUT2D eigenvalue weighted by atomic mass is 9.80. The number of rotatable bonds is 0. The van der Waals surface area contributed by atoms with E-state index >= 15 is 0 Å². The van der Waals surface area contributed by atoms with Crippen molar-refractivity contribution in [2.24, 2.45) is 65.1 Å². The van der Waals surface area contributed by atoms with Crippen LogP contribution in [-0.2, 0) is 134 Å². The number of alkyl halides is 6. The molecular formula is C56H76F6N2O28S8. The quantitative estimate of drug-likeness (QED) is 0.248. The molecule has 0 aromatic rings. The Kier molecular flexibility index (Phi) is 18.7. The highest BCUT2D eigenvalue weighted by Crippen LogP contribution is 2.63. The molecule has 44 heteroatoms. The molecule has 0 amide bonds. The van der Waals surface area contributed by atoms with Gasteiger partial charge >= 0.3 is 12.4 Å². The largest absolute Gasteiger partial charge is 0.413 e. The summed E-state index contributed by atoms with van der Waals surface area (Å²) in [4.78, 5) is 0. The zero-order valence-electron chi connectivity index (χ0n) is 54.4. The van der Waals surface area contributed by atoms with Crippen molar-refractivity contribution >= 4 is 80.7 Å². The van der Waals surface area contributed by atoms with E-state index in [1.807, 2.05) is 39.8 Å². The van der Waals surface area contributed by atoms with Crippen LogP contribution in [0.5, 0.6) is 0 Å². The lowest BCUT2D eigenvalue weighted by Crippen LogP contribution is -2.56. The molecule has 20 aliphatic rings. The van der Waals surface area contributed by atoms with Crippen LogP contribution in [0.4, 0.5) is 26.3 Å². The van der Waals surface area contributed by atoms with Crippen LogP contribution in [0.3, 0.4) is 0 Å². The van der Waals surface area contributed by atoms with Crippen LogP contribution in [0.1, 0.15) is 100 Å². The van der Waals surface area contributed by atoms with Crippen LogP contribution in [0.15, 0.2) is 0 Å². The normalized spacial score (nSPS) is 53.2. The van der Waals surface area contributed by atoms with Gasteiger partial charge in [-0.1, -0.05) is 48.5 Å². The van der Waals surface area contributed by atoms with Crippen molar-refractivity contribution in [2.75, 3.05) is 17.3 Å². The Morgan fingerprint density at radius 1 is 0.440 bits per heavy atom. The first-order valence-electron chi connectivity index (χ1n) is 32.8. The summed E-state index contributed by atoms with van der Waals surface area (Å²) in [5.74, 6) is -0.228. The first-order valence-corrected chi connectivity index (χ1v) is 44.9. The topological polar surface area (TPSA) is 431 Å². The van der Waals surface area contributed by atoms with Crippen molar-refractivity contribution in [3.63, 3.8) is 0 Å². The Bertz CT molecular complexity index is 4250. The molecule has 18 saturated heterocycles. The molecule has 568 valence electrons. The maximum Gasteiger partial charge on any atom is 0.413 e. The van der Waals surface area contributed by atoms with Crippen LogP contribution in [0.25, 0.3) is 0 Å². The van der Waals surface area contributed by atoms with Gasteiger partial charge in [-0.2, -0.15) is 95.8 Å². The summed E-state index contributed by atoms with van der Waals surface area (Å²) in [6.45, 7) is 14.8. The smallest absolute Gasteiger partial charge is 0.370 e. The minimum Gasteiger partial charge on any atom is -0.370 e. The molecule has 30 nitrogen and oxygen atoms in total. The van der Waals surface area contributed by atoms with Crippen molar-refractivity contribution in [2.45, 2.75) is 247 Å². The second-order valence-corrected chi connectivity index (χ2v) is 44.6. The van der Waals surface area contributed by atoms with Gasteiger partial charge in [0, 0.05) is 48.3 Å². The van der Waals surface area contributed by atoms with Crippen LogP contribution >= 0.6 is 0 Å². The van der Waals surface area contributed by atoms with Gasteiger partial charge in [0.2, 0.25) is 9.49 Å². The highest BCUT2D eigenvalue weighted by molar-refractivity contribution is 7.91. The third kappa shape index (κ3) is 11.8. The summed E-state index contributed by atoms with van der Waals surface area (Å²) in [6, 6.07) is 3.90. The zero-order valence-corrected chi connectivity index (χ0v) is 60.9. The Balaban J connectivity index is 0.000000103. The summed E-state index contributed by atoms with van der Waals surface area (Å²) in [7, 11) is -28.3. The second kappa shape index (κ2) is 24.6. The van der Waals surface area contributed by atoms with Gasteiger partial charge in [0.15, 0.2) is 9.84 Å². The number of hydrogen-bond donors (Lipinski definition) is 0. The Morgan fingerprint density at radius 2 is 0.960 bits per heavy atom. The highest BCUT2D eigenvalue weighted by atomic mass is 32.2. The van der Waals surface area contributed by atoms with E-state index in [-0.39, 0.29) is 95.2 Å². The molecule has 100 heavy (non-hydrogen) atoms. The molecular weight excluding hydrogens is 1520 g/mol. The molecule has 20 rings (SSSR count).